The molecule has 0 saturated heterocycles. The maximum atomic E-state index is 12.4. The molecular weight excluding hydrogens is 271 g/mol. The smallest absolute Gasteiger partial charge is 0.394 e. The van der Waals surface area contributed by atoms with Crippen molar-refractivity contribution in [1.82, 2.24) is 15.1 Å². The second kappa shape index (κ2) is 7.08. The summed E-state index contributed by atoms with van der Waals surface area (Å²) in [6.07, 6.45) is -0.736. The van der Waals surface area contributed by atoms with Crippen LogP contribution in [0, 0.1) is 0 Å². The number of nitrogens with one attached hydrogen (secondary N) is 1. The molecule has 0 bridgehead atoms. The molecule has 0 spiro atoms. The highest BCUT2D eigenvalue weighted by Gasteiger charge is 2.33. The first kappa shape index (κ1) is 17.0. The fourth-order valence-electron chi connectivity index (χ4n) is 2.08. The molecule has 0 aliphatic heterocycles. The van der Waals surface area contributed by atoms with Crippen LogP contribution < -0.4 is 5.32 Å². The number of hydrogen-bond donors (Lipinski definition) is 2. The Balaban J connectivity index is 2.36. The Kier molecular flexibility index (Phi) is 6.01. The quantitative estimate of drug-likeness (QED) is 0.724. The molecule has 1 rings (SSSR count). The van der Waals surface area contributed by atoms with Crippen LogP contribution in [0.5, 0.6) is 0 Å². The molecule has 0 aromatic carbocycles. The van der Waals surface area contributed by atoms with E-state index in [9.17, 15) is 18.3 Å². The number of nitrogens with zero attached hydrogens (tertiary/aromatic N) is 2. The second-order valence-electron chi connectivity index (χ2n) is 5.17. The van der Waals surface area contributed by atoms with Gasteiger partial charge in [0.05, 0.1) is 6.61 Å². The van der Waals surface area contributed by atoms with Crippen LogP contribution in [0.3, 0.4) is 0 Å². The van der Waals surface area contributed by atoms with Gasteiger partial charge in [0.25, 0.3) is 0 Å². The summed E-state index contributed by atoms with van der Waals surface area (Å²) in [6.45, 7) is 5.16. The number of halogens is 3. The highest BCUT2D eigenvalue weighted by atomic mass is 19.4. The molecule has 1 aromatic rings. The van der Waals surface area contributed by atoms with E-state index in [4.69, 9.17) is 0 Å². The first-order chi connectivity index (χ1) is 9.30. The summed E-state index contributed by atoms with van der Waals surface area (Å²) in [5.74, 6) is 0. The topological polar surface area (TPSA) is 50.1 Å². The van der Waals surface area contributed by atoms with Gasteiger partial charge >= 0.3 is 6.18 Å². The Morgan fingerprint density at radius 3 is 2.55 bits per heavy atom. The average Bonchev–Trinajstić information content (AvgIpc) is 2.84. The number of alkyl halides is 3. The Bertz CT molecular complexity index is 406. The molecule has 0 aliphatic rings. The lowest BCUT2D eigenvalue weighted by atomic mass is 9.96. The van der Waals surface area contributed by atoms with Gasteiger partial charge in [-0.3, -0.25) is 4.68 Å². The van der Waals surface area contributed by atoms with Crippen molar-refractivity contribution < 1.29 is 18.3 Å². The fraction of sp³-hybridized carbons (Fsp3) is 0.769. The van der Waals surface area contributed by atoms with E-state index in [1.807, 2.05) is 13.8 Å². The molecule has 1 unspecified atom stereocenters. The summed E-state index contributed by atoms with van der Waals surface area (Å²) in [4.78, 5) is 0. The van der Waals surface area contributed by atoms with E-state index in [2.05, 4.69) is 10.4 Å². The van der Waals surface area contributed by atoms with Crippen LogP contribution in [-0.2, 0) is 12.7 Å². The van der Waals surface area contributed by atoms with Crippen molar-refractivity contribution in [1.29, 1.82) is 0 Å². The molecule has 116 valence electrons. The molecule has 0 amide bonds. The highest BCUT2D eigenvalue weighted by Crippen LogP contribution is 2.27. The van der Waals surface area contributed by atoms with E-state index in [1.54, 1.807) is 0 Å². The minimum absolute atomic E-state index is 0.0425. The normalized spacial score (nSPS) is 15.3. The highest BCUT2D eigenvalue weighted by molar-refractivity contribution is 5.03. The van der Waals surface area contributed by atoms with Gasteiger partial charge in [-0.05, 0) is 38.8 Å². The number of hydrogen-bond acceptors (Lipinski definition) is 3. The Hall–Kier alpha value is -1.08. The fourth-order valence-corrected chi connectivity index (χ4v) is 2.08. The standard InChI is InChI=1S/C13H22F3N3O/c1-3-17-12(2,10-20)7-4-5-8-19-9-6-11(18-19)13(14,15)16/h6,9,17,20H,3-5,7-8,10H2,1-2H3. The summed E-state index contributed by atoms with van der Waals surface area (Å²) in [5.41, 5.74) is -1.18. The Labute approximate surface area is 117 Å². The van der Waals surface area contributed by atoms with Crippen molar-refractivity contribution in [2.45, 2.75) is 51.4 Å². The lowest BCUT2D eigenvalue weighted by Crippen LogP contribution is -2.45. The van der Waals surface area contributed by atoms with Crippen molar-refractivity contribution in [3.8, 4) is 0 Å². The third-order valence-corrected chi connectivity index (χ3v) is 3.25. The molecule has 1 heterocycles. The maximum absolute atomic E-state index is 12.4. The van der Waals surface area contributed by atoms with Crippen LogP contribution in [0.4, 0.5) is 13.2 Å². The van der Waals surface area contributed by atoms with Gasteiger partial charge in [0.1, 0.15) is 0 Å². The van der Waals surface area contributed by atoms with Crippen LogP contribution in [0.25, 0.3) is 0 Å². The molecule has 0 aliphatic carbocycles. The number of aliphatic hydroxyl groups is 1. The Morgan fingerprint density at radius 1 is 1.35 bits per heavy atom. The third kappa shape index (κ3) is 5.13. The molecule has 1 atom stereocenters. The van der Waals surface area contributed by atoms with Crippen molar-refractivity contribution in [2.75, 3.05) is 13.2 Å². The van der Waals surface area contributed by atoms with Crippen molar-refractivity contribution in [3.63, 3.8) is 0 Å². The maximum Gasteiger partial charge on any atom is 0.435 e. The van der Waals surface area contributed by atoms with Crippen LogP contribution in [0.2, 0.25) is 0 Å². The predicted molar refractivity (Wildman–Crippen MR) is 70.2 cm³/mol. The Morgan fingerprint density at radius 2 is 2.05 bits per heavy atom. The van der Waals surface area contributed by atoms with Crippen molar-refractivity contribution in [3.05, 3.63) is 18.0 Å². The summed E-state index contributed by atoms with van der Waals surface area (Å²) in [6, 6.07) is 0.983. The van der Waals surface area contributed by atoms with Gasteiger partial charge in [0.2, 0.25) is 0 Å². The molecule has 0 radical (unpaired) electrons. The van der Waals surface area contributed by atoms with E-state index < -0.39 is 11.9 Å². The summed E-state index contributed by atoms with van der Waals surface area (Å²) in [7, 11) is 0. The average molecular weight is 293 g/mol. The number of rotatable bonds is 8. The van der Waals surface area contributed by atoms with E-state index in [0.717, 1.165) is 31.9 Å². The molecule has 0 saturated carbocycles. The van der Waals surface area contributed by atoms with Gasteiger partial charge in [0.15, 0.2) is 5.69 Å². The molecular formula is C13H22F3N3O. The summed E-state index contributed by atoms with van der Waals surface area (Å²) < 4.78 is 38.4. The lowest BCUT2D eigenvalue weighted by Gasteiger charge is -2.28. The first-order valence-electron chi connectivity index (χ1n) is 6.77. The summed E-state index contributed by atoms with van der Waals surface area (Å²) >= 11 is 0. The van der Waals surface area contributed by atoms with Crippen LogP contribution in [0.15, 0.2) is 12.3 Å². The number of aryl methyl sites for hydroxylation is 1. The zero-order valence-corrected chi connectivity index (χ0v) is 11.9. The van der Waals surface area contributed by atoms with Gasteiger partial charge < -0.3 is 10.4 Å². The monoisotopic (exact) mass is 293 g/mol. The largest absolute Gasteiger partial charge is 0.435 e. The van der Waals surface area contributed by atoms with Crippen LogP contribution >= 0.6 is 0 Å². The van der Waals surface area contributed by atoms with Gasteiger partial charge in [-0.1, -0.05) is 6.92 Å². The number of likely N-dealkylation sites (N-methyl/N-ethyl adjacent to an activating group) is 1. The molecule has 1 aromatic heterocycles. The van der Waals surface area contributed by atoms with Crippen molar-refractivity contribution in [2.24, 2.45) is 0 Å². The molecule has 0 fully saturated rings. The third-order valence-electron chi connectivity index (χ3n) is 3.25. The second-order valence-corrected chi connectivity index (χ2v) is 5.17. The minimum atomic E-state index is -4.38. The number of unbranched alkanes of at least 4 members (excludes halogenated alkanes) is 1. The van der Waals surface area contributed by atoms with Gasteiger partial charge in [-0.25, -0.2) is 0 Å². The SMILES string of the molecule is CCNC(C)(CO)CCCCn1ccc(C(F)(F)F)n1. The summed E-state index contributed by atoms with van der Waals surface area (Å²) in [5, 5.41) is 16.0. The number of aliphatic hydroxyl groups excluding tert-OH is 1. The molecule has 7 heteroatoms. The van der Waals surface area contributed by atoms with E-state index >= 15 is 0 Å². The van der Waals surface area contributed by atoms with Crippen molar-refractivity contribution >= 4 is 0 Å². The lowest BCUT2D eigenvalue weighted by molar-refractivity contribution is -0.141. The molecule has 4 nitrogen and oxygen atoms in total. The van der Waals surface area contributed by atoms with Gasteiger partial charge in [-0.2, -0.15) is 18.3 Å². The zero-order chi connectivity index (χ0) is 15.2. The molecule has 2 N–H and O–H groups in total. The van der Waals surface area contributed by atoms with Crippen LogP contribution in [-0.4, -0.2) is 33.6 Å². The molecule has 20 heavy (non-hydrogen) atoms. The van der Waals surface area contributed by atoms with Gasteiger partial charge in [-0.15, -0.1) is 0 Å². The van der Waals surface area contributed by atoms with E-state index in [0.29, 0.717) is 6.54 Å². The van der Waals surface area contributed by atoms with Crippen LogP contribution in [0.1, 0.15) is 38.8 Å². The number of aromatic nitrogens is 2. The van der Waals surface area contributed by atoms with Gasteiger partial charge in [0, 0.05) is 18.3 Å². The first-order valence-corrected chi connectivity index (χ1v) is 6.77. The minimum Gasteiger partial charge on any atom is -0.394 e. The van der Waals surface area contributed by atoms with E-state index in [-0.39, 0.29) is 12.1 Å². The predicted octanol–water partition coefficient (Wildman–Crippen LogP) is 2.43. The zero-order valence-electron chi connectivity index (χ0n) is 11.9. The van der Waals surface area contributed by atoms with E-state index in [1.165, 1.54) is 10.9 Å².